The summed E-state index contributed by atoms with van der Waals surface area (Å²) in [5, 5.41) is 3.94. The third kappa shape index (κ3) is 1.70. The van der Waals surface area contributed by atoms with Crippen molar-refractivity contribution in [1.82, 2.24) is 10.3 Å². The minimum Gasteiger partial charge on any atom is -0.377 e. The number of aryl methyl sites for hydroxylation is 1. The second-order valence-corrected chi connectivity index (χ2v) is 4.38. The molecular formula is C13H14N2O2. The third-order valence-electron chi connectivity index (χ3n) is 3.09. The van der Waals surface area contributed by atoms with Gasteiger partial charge in [0.05, 0.1) is 24.8 Å². The zero-order valence-electron chi connectivity index (χ0n) is 9.62. The summed E-state index contributed by atoms with van der Waals surface area (Å²) in [6.07, 6.45) is 0. The third-order valence-corrected chi connectivity index (χ3v) is 3.09. The van der Waals surface area contributed by atoms with E-state index < -0.39 is 0 Å². The first-order valence-electron chi connectivity index (χ1n) is 5.71. The Balaban J connectivity index is 1.97. The molecule has 88 valence electrons. The molecule has 1 saturated heterocycles. The van der Waals surface area contributed by atoms with E-state index in [9.17, 15) is 4.79 Å². The second kappa shape index (κ2) is 3.89. The summed E-state index contributed by atoms with van der Waals surface area (Å²) in [6, 6.07) is 8.00. The predicted octanol–water partition coefficient (Wildman–Crippen LogP) is 1.60. The van der Waals surface area contributed by atoms with Gasteiger partial charge in [0, 0.05) is 16.6 Å². The average molecular weight is 230 g/mol. The van der Waals surface area contributed by atoms with Crippen LogP contribution in [0, 0.1) is 6.92 Å². The first kappa shape index (κ1) is 10.4. The molecule has 0 unspecified atom stereocenters. The van der Waals surface area contributed by atoms with Gasteiger partial charge in [0.25, 0.3) is 5.91 Å². The normalized spacial score (nSPS) is 15.8. The van der Waals surface area contributed by atoms with Gasteiger partial charge in [-0.2, -0.15) is 0 Å². The van der Waals surface area contributed by atoms with Crippen LogP contribution in [0.25, 0.3) is 10.9 Å². The molecular weight excluding hydrogens is 216 g/mol. The fourth-order valence-electron chi connectivity index (χ4n) is 2.15. The topological polar surface area (TPSA) is 54.1 Å². The minimum atomic E-state index is -0.0201. The number of aromatic nitrogens is 1. The number of carbonyl (C=O) groups excluding carboxylic acids is 1. The summed E-state index contributed by atoms with van der Waals surface area (Å²) in [5.74, 6) is -0.0201. The summed E-state index contributed by atoms with van der Waals surface area (Å²) in [4.78, 5) is 15.4. The van der Waals surface area contributed by atoms with E-state index in [1.54, 1.807) is 0 Å². The highest BCUT2D eigenvalue weighted by Crippen LogP contribution is 2.21. The molecule has 17 heavy (non-hydrogen) atoms. The monoisotopic (exact) mass is 230 g/mol. The molecule has 0 bridgehead atoms. The van der Waals surface area contributed by atoms with E-state index in [1.165, 1.54) is 0 Å². The molecule has 1 aliphatic rings. The summed E-state index contributed by atoms with van der Waals surface area (Å²) < 4.78 is 5.05. The van der Waals surface area contributed by atoms with E-state index in [0.717, 1.165) is 22.2 Å². The maximum absolute atomic E-state index is 12.2. The Morgan fingerprint density at radius 1 is 1.41 bits per heavy atom. The lowest BCUT2D eigenvalue weighted by Gasteiger charge is -2.26. The fourth-order valence-corrected chi connectivity index (χ4v) is 2.15. The molecule has 0 atom stereocenters. The summed E-state index contributed by atoms with van der Waals surface area (Å²) in [6.45, 7) is 3.16. The summed E-state index contributed by atoms with van der Waals surface area (Å²) in [5.41, 5.74) is 2.65. The van der Waals surface area contributed by atoms with Gasteiger partial charge >= 0.3 is 0 Å². The molecule has 4 nitrogen and oxygen atoms in total. The van der Waals surface area contributed by atoms with Crippen LogP contribution < -0.4 is 5.32 Å². The Hall–Kier alpha value is -1.81. The number of rotatable bonds is 2. The fraction of sp³-hybridized carbons (Fsp3) is 0.308. The van der Waals surface area contributed by atoms with E-state index in [2.05, 4.69) is 10.3 Å². The number of para-hydroxylation sites is 1. The molecule has 1 amide bonds. The molecule has 0 aliphatic carbocycles. The SMILES string of the molecule is Cc1[nH]c2ccccc2c1C(=O)NC1COC1. The molecule has 2 aromatic rings. The van der Waals surface area contributed by atoms with Crippen molar-refractivity contribution in [2.45, 2.75) is 13.0 Å². The molecule has 3 rings (SSSR count). The highest BCUT2D eigenvalue weighted by Gasteiger charge is 2.23. The lowest BCUT2D eigenvalue weighted by molar-refractivity contribution is -0.00344. The van der Waals surface area contributed by atoms with Crippen LogP contribution >= 0.6 is 0 Å². The maximum atomic E-state index is 12.2. The number of amides is 1. The van der Waals surface area contributed by atoms with E-state index in [1.807, 2.05) is 31.2 Å². The van der Waals surface area contributed by atoms with Crippen LogP contribution in [-0.2, 0) is 4.74 Å². The van der Waals surface area contributed by atoms with E-state index in [0.29, 0.717) is 13.2 Å². The van der Waals surface area contributed by atoms with Crippen molar-refractivity contribution in [2.75, 3.05) is 13.2 Å². The van der Waals surface area contributed by atoms with Gasteiger partial charge in [0.1, 0.15) is 0 Å². The highest BCUT2D eigenvalue weighted by atomic mass is 16.5. The quantitative estimate of drug-likeness (QED) is 0.823. The van der Waals surface area contributed by atoms with Crippen molar-refractivity contribution in [1.29, 1.82) is 0 Å². The predicted molar refractivity (Wildman–Crippen MR) is 65.1 cm³/mol. The van der Waals surface area contributed by atoms with Crippen LogP contribution in [0.15, 0.2) is 24.3 Å². The number of hydrogen-bond acceptors (Lipinski definition) is 2. The standard InChI is InChI=1S/C13H14N2O2/c1-8-12(13(16)15-9-6-17-7-9)10-4-2-3-5-11(10)14-8/h2-5,9,14H,6-7H2,1H3,(H,15,16). The number of ether oxygens (including phenoxy) is 1. The van der Waals surface area contributed by atoms with E-state index in [-0.39, 0.29) is 11.9 Å². The van der Waals surface area contributed by atoms with E-state index >= 15 is 0 Å². The number of benzene rings is 1. The second-order valence-electron chi connectivity index (χ2n) is 4.38. The summed E-state index contributed by atoms with van der Waals surface area (Å²) >= 11 is 0. The number of aromatic amines is 1. The van der Waals surface area contributed by atoms with Gasteiger partial charge in [-0.25, -0.2) is 0 Å². The Kier molecular flexibility index (Phi) is 2.37. The van der Waals surface area contributed by atoms with Gasteiger partial charge in [-0.3, -0.25) is 4.79 Å². The van der Waals surface area contributed by atoms with Crippen molar-refractivity contribution < 1.29 is 9.53 Å². The largest absolute Gasteiger partial charge is 0.377 e. The molecule has 1 aromatic heterocycles. The molecule has 2 N–H and O–H groups in total. The van der Waals surface area contributed by atoms with Gasteiger partial charge in [-0.05, 0) is 13.0 Å². The van der Waals surface area contributed by atoms with Crippen LogP contribution in [0.1, 0.15) is 16.1 Å². The van der Waals surface area contributed by atoms with Gasteiger partial charge in [-0.15, -0.1) is 0 Å². The number of fused-ring (bicyclic) bond motifs is 1. The molecule has 1 aromatic carbocycles. The number of nitrogens with one attached hydrogen (secondary N) is 2. The van der Waals surface area contributed by atoms with Crippen molar-refractivity contribution in [2.24, 2.45) is 0 Å². The Labute approximate surface area is 99.0 Å². The van der Waals surface area contributed by atoms with Crippen molar-refractivity contribution in [3.05, 3.63) is 35.5 Å². The molecule has 2 heterocycles. The van der Waals surface area contributed by atoms with Crippen molar-refractivity contribution >= 4 is 16.8 Å². The van der Waals surface area contributed by atoms with Gasteiger partial charge in [-0.1, -0.05) is 18.2 Å². The van der Waals surface area contributed by atoms with Crippen molar-refractivity contribution in [3.63, 3.8) is 0 Å². The van der Waals surface area contributed by atoms with Crippen LogP contribution in [-0.4, -0.2) is 30.1 Å². The molecule has 4 heteroatoms. The van der Waals surface area contributed by atoms with Gasteiger partial charge in [0.2, 0.25) is 0 Å². The first-order chi connectivity index (χ1) is 8.25. The Bertz CT molecular complexity index is 570. The number of carbonyl (C=O) groups is 1. The molecule has 0 radical (unpaired) electrons. The van der Waals surface area contributed by atoms with Crippen molar-refractivity contribution in [3.8, 4) is 0 Å². The zero-order chi connectivity index (χ0) is 11.8. The minimum absolute atomic E-state index is 0.0201. The van der Waals surface area contributed by atoms with E-state index in [4.69, 9.17) is 4.74 Å². The van der Waals surface area contributed by atoms with Crippen LogP contribution in [0.3, 0.4) is 0 Å². The Morgan fingerprint density at radius 3 is 2.88 bits per heavy atom. The van der Waals surface area contributed by atoms with Gasteiger partial charge < -0.3 is 15.0 Å². The molecule has 0 saturated carbocycles. The van der Waals surface area contributed by atoms with Crippen LogP contribution in [0.4, 0.5) is 0 Å². The maximum Gasteiger partial charge on any atom is 0.254 e. The molecule has 1 aliphatic heterocycles. The van der Waals surface area contributed by atoms with Gasteiger partial charge in [0.15, 0.2) is 0 Å². The van der Waals surface area contributed by atoms with Crippen LogP contribution in [0.5, 0.6) is 0 Å². The number of H-pyrrole nitrogens is 1. The zero-order valence-corrected chi connectivity index (χ0v) is 9.62. The van der Waals surface area contributed by atoms with Crippen LogP contribution in [0.2, 0.25) is 0 Å². The smallest absolute Gasteiger partial charge is 0.254 e. The number of hydrogen-bond donors (Lipinski definition) is 2. The first-order valence-corrected chi connectivity index (χ1v) is 5.71. The molecule has 0 spiro atoms. The Morgan fingerprint density at radius 2 is 2.18 bits per heavy atom. The lowest BCUT2D eigenvalue weighted by Crippen LogP contribution is -2.48. The highest BCUT2D eigenvalue weighted by molar-refractivity contribution is 6.08. The summed E-state index contributed by atoms with van der Waals surface area (Å²) in [7, 11) is 0. The lowest BCUT2D eigenvalue weighted by atomic mass is 10.1. The molecule has 1 fully saturated rings. The average Bonchev–Trinajstić information content (AvgIpc) is 2.59.